The van der Waals surface area contributed by atoms with E-state index >= 15 is 0 Å². The van der Waals surface area contributed by atoms with Crippen LogP contribution in [-0.2, 0) is 61.9 Å². The molecule has 0 bridgehead atoms. The SMILES string of the molecule is O=C(COCCOCC(=O)ON1C(=O)CCC1=O)NCCO[C@H]1OC(CO[C@H]2OC(CO)CC(O)C2O)[C@@H](O)C(O[C@H]2OC(CO)[C@@H](O)C(O)C2O)C1O. The summed E-state index contributed by atoms with van der Waals surface area (Å²) in [7, 11) is 0. The molecule has 24 nitrogen and oxygen atoms in total. The van der Waals surface area contributed by atoms with Gasteiger partial charge in [0.2, 0.25) is 5.91 Å². The highest BCUT2D eigenvalue weighted by Crippen LogP contribution is 2.31. The lowest BCUT2D eigenvalue weighted by atomic mass is 9.97. The Morgan fingerprint density at radius 2 is 1.35 bits per heavy atom. The van der Waals surface area contributed by atoms with Gasteiger partial charge in [0.25, 0.3) is 11.8 Å². The average molecular weight is 789 g/mol. The molecule has 4 aliphatic rings. The van der Waals surface area contributed by atoms with Crippen LogP contribution in [0.15, 0.2) is 0 Å². The second kappa shape index (κ2) is 21.1. The summed E-state index contributed by atoms with van der Waals surface area (Å²) in [4.78, 5) is 51.5. The van der Waals surface area contributed by atoms with E-state index in [-0.39, 0.29) is 45.6 Å². The Morgan fingerprint density at radius 1 is 0.704 bits per heavy atom. The number of aliphatic hydroxyl groups excluding tert-OH is 9. The number of hydrogen-bond acceptors (Lipinski definition) is 22. The minimum Gasteiger partial charge on any atom is -0.394 e. The second-order valence-corrected chi connectivity index (χ2v) is 12.6. The first-order valence-electron chi connectivity index (χ1n) is 17.1. The van der Waals surface area contributed by atoms with E-state index in [1.54, 1.807) is 0 Å². The molecular formula is C30H48N2O22. The van der Waals surface area contributed by atoms with Crippen LogP contribution >= 0.6 is 0 Å². The molecule has 4 aliphatic heterocycles. The Bertz CT molecular complexity index is 1210. The van der Waals surface area contributed by atoms with Gasteiger partial charge < -0.3 is 94.0 Å². The Hall–Kier alpha value is -2.60. The van der Waals surface area contributed by atoms with E-state index in [1.165, 1.54) is 0 Å². The van der Waals surface area contributed by atoms with Crippen LogP contribution in [0.1, 0.15) is 19.3 Å². The van der Waals surface area contributed by atoms with Gasteiger partial charge in [0.15, 0.2) is 18.9 Å². The monoisotopic (exact) mass is 788 g/mol. The molecule has 0 radical (unpaired) electrons. The number of imide groups is 1. The molecule has 4 rings (SSSR count). The Balaban J connectivity index is 1.25. The maximum atomic E-state index is 12.2. The lowest BCUT2D eigenvalue weighted by Gasteiger charge is -2.46. The van der Waals surface area contributed by atoms with Crippen molar-refractivity contribution in [2.45, 2.75) is 105 Å². The molecule has 10 N–H and O–H groups in total. The highest BCUT2D eigenvalue weighted by atomic mass is 16.8. The number of carbonyl (C=O) groups is 4. The molecule has 0 saturated carbocycles. The highest BCUT2D eigenvalue weighted by molar-refractivity contribution is 6.01. The van der Waals surface area contributed by atoms with Gasteiger partial charge in [-0.1, -0.05) is 0 Å². The van der Waals surface area contributed by atoms with Crippen LogP contribution in [-0.4, -0.2) is 220 Å². The van der Waals surface area contributed by atoms with Gasteiger partial charge >= 0.3 is 5.97 Å². The summed E-state index contributed by atoms with van der Waals surface area (Å²) in [6, 6.07) is 0. The van der Waals surface area contributed by atoms with Crippen molar-refractivity contribution in [1.29, 1.82) is 0 Å². The predicted molar refractivity (Wildman–Crippen MR) is 165 cm³/mol. The summed E-state index contributed by atoms with van der Waals surface area (Å²) >= 11 is 0. The molecule has 4 saturated heterocycles. The Labute approximate surface area is 306 Å². The summed E-state index contributed by atoms with van der Waals surface area (Å²) in [5.74, 6) is -2.85. The summed E-state index contributed by atoms with van der Waals surface area (Å²) < 4.78 is 43.4. The molecule has 9 unspecified atom stereocenters. The number of hydrogen-bond donors (Lipinski definition) is 10. The van der Waals surface area contributed by atoms with E-state index in [4.69, 9.17) is 37.9 Å². The quantitative estimate of drug-likeness (QED) is 0.0429. The van der Waals surface area contributed by atoms with Crippen molar-refractivity contribution < 1.29 is 108 Å². The predicted octanol–water partition coefficient (Wildman–Crippen LogP) is -7.76. The van der Waals surface area contributed by atoms with Crippen molar-refractivity contribution in [3.63, 3.8) is 0 Å². The van der Waals surface area contributed by atoms with Crippen molar-refractivity contribution >= 4 is 23.7 Å². The van der Waals surface area contributed by atoms with Gasteiger partial charge in [0.05, 0.1) is 51.8 Å². The number of hydroxylamine groups is 2. The van der Waals surface area contributed by atoms with Crippen LogP contribution in [0.2, 0.25) is 0 Å². The minimum atomic E-state index is -1.90. The normalized spacial score (nSPS) is 37.4. The van der Waals surface area contributed by atoms with Crippen LogP contribution in [0.3, 0.4) is 0 Å². The molecule has 0 aromatic rings. The van der Waals surface area contributed by atoms with Gasteiger partial charge in [0, 0.05) is 25.8 Å². The van der Waals surface area contributed by atoms with E-state index in [2.05, 4.69) is 10.2 Å². The largest absolute Gasteiger partial charge is 0.394 e. The molecule has 3 amide bonds. The van der Waals surface area contributed by atoms with Gasteiger partial charge in [0.1, 0.15) is 68.1 Å². The molecule has 0 aromatic heterocycles. The van der Waals surface area contributed by atoms with Crippen LogP contribution < -0.4 is 5.32 Å². The number of nitrogens with one attached hydrogen (secondary N) is 1. The molecule has 0 aromatic carbocycles. The summed E-state index contributed by atoms with van der Waals surface area (Å²) in [6.45, 7) is -3.59. The van der Waals surface area contributed by atoms with Gasteiger partial charge in [-0.15, -0.1) is 5.06 Å². The molecular weight excluding hydrogens is 740 g/mol. The van der Waals surface area contributed by atoms with E-state index in [9.17, 15) is 65.1 Å². The second-order valence-electron chi connectivity index (χ2n) is 12.6. The zero-order chi connectivity index (χ0) is 39.5. The number of ether oxygens (including phenoxy) is 8. The smallest absolute Gasteiger partial charge is 0.358 e. The van der Waals surface area contributed by atoms with Crippen molar-refractivity contribution in [3.8, 4) is 0 Å². The highest BCUT2D eigenvalue weighted by Gasteiger charge is 2.51. The van der Waals surface area contributed by atoms with Crippen LogP contribution in [0, 0.1) is 0 Å². The first-order chi connectivity index (χ1) is 25.7. The van der Waals surface area contributed by atoms with Crippen molar-refractivity contribution in [2.75, 3.05) is 59.4 Å². The molecule has 4 heterocycles. The fourth-order valence-corrected chi connectivity index (χ4v) is 5.67. The van der Waals surface area contributed by atoms with Gasteiger partial charge in [-0.25, -0.2) is 4.79 Å². The third-order valence-corrected chi connectivity index (χ3v) is 8.64. The molecule has 14 atom stereocenters. The van der Waals surface area contributed by atoms with Crippen molar-refractivity contribution in [3.05, 3.63) is 0 Å². The number of amides is 3. The van der Waals surface area contributed by atoms with Crippen LogP contribution in [0.4, 0.5) is 0 Å². The third kappa shape index (κ3) is 11.7. The molecule has 0 spiro atoms. The summed E-state index contributed by atoms with van der Waals surface area (Å²) in [5, 5.41) is 95.2. The van der Waals surface area contributed by atoms with Gasteiger partial charge in [-0.2, -0.15) is 0 Å². The molecule has 4 fully saturated rings. The maximum absolute atomic E-state index is 12.2. The van der Waals surface area contributed by atoms with Crippen molar-refractivity contribution in [1.82, 2.24) is 10.4 Å². The molecule has 24 heteroatoms. The zero-order valence-corrected chi connectivity index (χ0v) is 28.8. The molecule has 54 heavy (non-hydrogen) atoms. The van der Waals surface area contributed by atoms with E-state index in [1.807, 2.05) is 0 Å². The number of nitrogens with zero attached hydrogens (tertiary/aromatic N) is 1. The van der Waals surface area contributed by atoms with Crippen LogP contribution in [0.25, 0.3) is 0 Å². The standard InChI is InChI=1S/C30H48N2O22/c33-8-13-7-14(35)21(40)28(50-13)49-10-16-23(42)27(53-30-25(44)24(43)22(41)15(9-34)51-30)26(45)29(52-16)48-4-3-31-17(36)11-46-5-6-47-12-20(39)54-32-18(37)1-2-19(32)38/h13-16,21-30,33-35,40-45H,1-12H2,(H,31,36)/t13?,14?,15?,16?,21?,22-,23-,24?,25?,26?,27?,28+,29+,30-/m1/s1. The minimum absolute atomic E-state index is 0.0567. The van der Waals surface area contributed by atoms with E-state index < -0.39 is 143 Å². The number of rotatable bonds is 19. The van der Waals surface area contributed by atoms with E-state index in [0.717, 1.165) is 0 Å². The van der Waals surface area contributed by atoms with E-state index in [0.29, 0.717) is 5.06 Å². The fraction of sp³-hybridized carbons (Fsp3) is 0.867. The van der Waals surface area contributed by atoms with Crippen LogP contribution in [0.5, 0.6) is 0 Å². The first kappa shape index (κ1) is 44.1. The summed E-state index contributed by atoms with van der Waals surface area (Å²) in [5.41, 5.74) is 0. The first-order valence-corrected chi connectivity index (χ1v) is 17.1. The third-order valence-electron chi connectivity index (χ3n) is 8.64. The zero-order valence-electron chi connectivity index (χ0n) is 28.8. The molecule has 310 valence electrons. The Morgan fingerprint density at radius 3 is 2.02 bits per heavy atom. The van der Waals surface area contributed by atoms with Crippen molar-refractivity contribution in [2.24, 2.45) is 0 Å². The topological polar surface area (TPSA) is 349 Å². The lowest BCUT2D eigenvalue weighted by molar-refractivity contribution is -0.364. The number of aliphatic hydroxyl groups is 9. The maximum Gasteiger partial charge on any atom is 0.358 e. The number of carbonyl (C=O) groups excluding carboxylic acids is 4. The molecule has 0 aliphatic carbocycles. The fourth-order valence-electron chi connectivity index (χ4n) is 5.67. The lowest BCUT2D eigenvalue weighted by Crippen LogP contribution is -2.65. The Kier molecular flexibility index (Phi) is 17.2. The summed E-state index contributed by atoms with van der Waals surface area (Å²) in [6.07, 6.45) is -22.4. The average Bonchev–Trinajstić information content (AvgIpc) is 3.46. The van der Waals surface area contributed by atoms with Gasteiger partial charge in [-0.05, 0) is 0 Å². The van der Waals surface area contributed by atoms with Gasteiger partial charge in [-0.3, -0.25) is 14.4 Å².